The number of fused-ring (bicyclic) bond motifs is 1. The van der Waals surface area contributed by atoms with E-state index < -0.39 is 0 Å². The third kappa shape index (κ3) is 2.63. The van der Waals surface area contributed by atoms with Crippen LogP contribution >= 0.6 is 0 Å². The first-order valence-electron chi connectivity index (χ1n) is 6.91. The highest BCUT2D eigenvalue weighted by Gasteiger charge is 2.16. The molecular weight excluding hydrogens is 236 g/mol. The Morgan fingerprint density at radius 2 is 2.05 bits per heavy atom. The quantitative estimate of drug-likeness (QED) is 0.908. The van der Waals surface area contributed by atoms with Gasteiger partial charge >= 0.3 is 0 Å². The highest BCUT2D eigenvalue weighted by atomic mass is 15.2. The molecule has 1 aliphatic rings. The summed E-state index contributed by atoms with van der Waals surface area (Å²) in [4.78, 5) is 6.79. The molecule has 0 amide bonds. The maximum absolute atomic E-state index is 4.40. The van der Waals surface area contributed by atoms with E-state index in [9.17, 15) is 0 Å². The highest BCUT2D eigenvalue weighted by Crippen LogP contribution is 2.20. The molecule has 1 aliphatic heterocycles. The lowest BCUT2D eigenvalue weighted by atomic mass is 10.2. The summed E-state index contributed by atoms with van der Waals surface area (Å²) in [5.74, 6) is 1.16. The van der Waals surface area contributed by atoms with Crippen molar-refractivity contribution in [3.8, 4) is 0 Å². The van der Waals surface area contributed by atoms with E-state index in [0.29, 0.717) is 0 Å². The van der Waals surface area contributed by atoms with Gasteiger partial charge in [-0.2, -0.15) is 0 Å². The third-order valence-corrected chi connectivity index (χ3v) is 3.63. The predicted octanol–water partition coefficient (Wildman–Crippen LogP) is 2.01. The van der Waals surface area contributed by atoms with E-state index in [-0.39, 0.29) is 0 Å². The van der Waals surface area contributed by atoms with Crippen LogP contribution in [0.3, 0.4) is 0 Å². The summed E-state index contributed by atoms with van der Waals surface area (Å²) in [6, 6.07) is 8.84. The van der Waals surface area contributed by atoms with Gasteiger partial charge < -0.3 is 14.8 Å². The average molecular weight is 256 g/mol. The summed E-state index contributed by atoms with van der Waals surface area (Å²) >= 11 is 0. The van der Waals surface area contributed by atoms with Gasteiger partial charge in [0.25, 0.3) is 0 Å². The molecule has 0 saturated carbocycles. The number of aromatic nitrogens is 2. The lowest BCUT2D eigenvalue weighted by Gasteiger charge is -2.29. The first kappa shape index (κ1) is 12.2. The van der Waals surface area contributed by atoms with Crippen molar-refractivity contribution in [2.24, 2.45) is 0 Å². The summed E-state index contributed by atoms with van der Waals surface area (Å²) in [5.41, 5.74) is 2.62. The maximum atomic E-state index is 4.40. The van der Waals surface area contributed by atoms with Gasteiger partial charge in [0, 0.05) is 37.7 Å². The molecule has 0 aliphatic carbocycles. The first-order valence-corrected chi connectivity index (χ1v) is 6.91. The van der Waals surface area contributed by atoms with Gasteiger partial charge in [0.05, 0.1) is 6.54 Å². The van der Waals surface area contributed by atoms with Crippen LogP contribution < -0.4 is 10.2 Å². The van der Waals surface area contributed by atoms with Gasteiger partial charge in [-0.3, -0.25) is 0 Å². The van der Waals surface area contributed by atoms with Gasteiger partial charge in [0.15, 0.2) is 0 Å². The van der Waals surface area contributed by atoms with Crippen LogP contribution in [-0.4, -0.2) is 22.6 Å². The van der Waals surface area contributed by atoms with E-state index in [1.54, 1.807) is 0 Å². The summed E-state index contributed by atoms with van der Waals surface area (Å²) in [5, 5.41) is 3.35. The normalized spacial score (nSPS) is 14.5. The Labute approximate surface area is 114 Å². The molecule has 4 nitrogen and oxygen atoms in total. The molecule has 100 valence electrons. The number of nitrogens with zero attached hydrogens (tertiary/aromatic N) is 3. The van der Waals surface area contributed by atoms with Gasteiger partial charge in [-0.05, 0) is 24.2 Å². The number of hydrogen-bond donors (Lipinski definition) is 1. The highest BCUT2D eigenvalue weighted by molar-refractivity contribution is 5.48. The van der Waals surface area contributed by atoms with Crippen molar-refractivity contribution in [1.29, 1.82) is 0 Å². The van der Waals surface area contributed by atoms with Crippen LogP contribution in [0, 0.1) is 0 Å². The van der Waals surface area contributed by atoms with Crippen LogP contribution in [0.25, 0.3) is 0 Å². The van der Waals surface area contributed by atoms with Gasteiger partial charge in [-0.15, -0.1) is 0 Å². The Bertz CT molecular complexity index is 529. The van der Waals surface area contributed by atoms with Crippen molar-refractivity contribution < 1.29 is 0 Å². The van der Waals surface area contributed by atoms with Crippen LogP contribution in [-0.2, 0) is 19.6 Å². The molecule has 0 spiro atoms. The number of imidazole rings is 1. The number of nitrogens with one attached hydrogen (secondary N) is 1. The Morgan fingerprint density at radius 1 is 1.21 bits per heavy atom. The van der Waals surface area contributed by atoms with E-state index >= 15 is 0 Å². The van der Waals surface area contributed by atoms with Crippen LogP contribution in [0.2, 0.25) is 0 Å². The molecule has 0 atom stereocenters. The maximum Gasteiger partial charge on any atom is 0.128 e. The predicted molar refractivity (Wildman–Crippen MR) is 77.1 cm³/mol. The minimum atomic E-state index is 0.902. The summed E-state index contributed by atoms with van der Waals surface area (Å²) < 4.78 is 2.23. The van der Waals surface area contributed by atoms with Crippen LogP contribution in [0.1, 0.15) is 18.3 Å². The molecule has 19 heavy (non-hydrogen) atoms. The Balaban J connectivity index is 1.70. The van der Waals surface area contributed by atoms with E-state index in [2.05, 4.69) is 57.2 Å². The van der Waals surface area contributed by atoms with Gasteiger partial charge in [-0.1, -0.05) is 19.1 Å². The topological polar surface area (TPSA) is 33.1 Å². The second-order valence-electron chi connectivity index (χ2n) is 4.91. The number of anilines is 1. The standard InChI is InChI=1S/C15H20N4/c1-2-16-11-13-3-5-14(6-4-13)19-10-9-18-8-7-17-15(18)12-19/h3-8,16H,2,9-12H2,1H3. The fraction of sp³-hybridized carbons (Fsp3) is 0.400. The minimum Gasteiger partial charge on any atom is -0.362 e. The van der Waals surface area contributed by atoms with E-state index in [1.807, 2.05) is 6.20 Å². The molecule has 4 heteroatoms. The number of rotatable bonds is 4. The number of benzene rings is 1. The van der Waals surface area contributed by atoms with Crippen molar-refractivity contribution in [2.45, 2.75) is 26.6 Å². The molecule has 0 radical (unpaired) electrons. The summed E-state index contributed by atoms with van der Waals surface area (Å²) in [6.07, 6.45) is 3.95. The molecule has 0 bridgehead atoms. The second kappa shape index (κ2) is 5.45. The lowest BCUT2D eigenvalue weighted by Crippen LogP contribution is -2.33. The zero-order valence-electron chi connectivity index (χ0n) is 11.3. The molecule has 0 saturated heterocycles. The largest absolute Gasteiger partial charge is 0.362 e. The van der Waals surface area contributed by atoms with Crippen molar-refractivity contribution in [3.63, 3.8) is 0 Å². The van der Waals surface area contributed by atoms with Crippen molar-refractivity contribution in [1.82, 2.24) is 14.9 Å². The molecule has 3 rings (SSSR count). The van der Waals surface area contributed by atoms with Crippen molar-refractivity contribution in [2.75, 3.05) is 18.0 Å². The first-order chi connectivity index (χ1) is 9.36. The van der Waals surface area contributed by atoms with Crippen molar-refractivity contribution in [3.05, 3.63) is 48.0 Å². The SMILES string of the molecule is CCNCc1ccc(N2CCn3ccnc3C2)cc1. The van der Waals surface area contributed by atoms with Crippen LogP contribution in [0.5, 0.6) is 0 Å². The molecule has 1 aromatic carbocycles. The molecule has 0 fully saturated rings. The van der Waals surface area contributed by atoms with E-state index in [1.165, 1.54) is 11.3 Å². The van der Waals surface area contributed by atoms with E-state index in [4.69, 9.17) is 0 Å². The molecule has 2 heterocycles. The molecule has 2 aromatic rings. The summed E-state index contributed by atoms with van der Waals surface area (Å²) in [7, 11) is 0. The molecule has 1 aromatic heterocycles. The zero-order valence-corrected chi connectivity index (χ0v) is 11.3. The second-order valence-corrected chi connectivity index (χ2v) is 4.91. The molecule has 0 unspecified atom stereocenters. The zero-order chi connectivity index (χ0) is 13.1. The smallest absolute Gasteiger partial charge is 0.128 e. The fourth-order valence-electron chi connectivity index (χ4n) is 2.49. The minimum absolute atomic E-state index is 0.902. The van der Waals surface area contributed by atoms with Gasteiger partial charge in [0.1, 0.15) is 5.82 Å². The van der Waals surface area contributed by atoms with Gasteiger partial charge in [0.2, 0.25) is 0 Å². The van der Waals surface area contributed by atoms with Crippen LogP contribution in [0.4, 0.5) is 5.69 Å². The van der Waals surface area contributed by atoms with Crippen molar-refractivity contribution >= 4 is 5.69 Å². The Kier molecular flexibility index (Phi) is 3.51. The molecule has 1 N–H and O–H groups in total. The van der Waals surface area contributed by atoms with E-state index in [0.717, 1.165) is 38.5 Å². The van der Waals surface area contributed by atoms with Gasteiger partial charge in [-0.25, -0.2) is 4.98 Å². The third-order valence-electron chi connectivity index (χ3n) is 3.63. The Morgan fingerprint density at radius 3 is 2.84 bits per heavy atom. The fourth-order valence-corrected chi connectivity index (χ4v) is 2.49. The molecular formula is C15H20N4. The van der Waals surface area contributed by atoms with Crippen LogP contribution in [0.15, 0.2) is 36.7 Å². The monoisotopic (exact) mass is 256 g/mol. The summed E-state index contributed by atoms with van der Waals surface area (Å²) in [6.45, 7) is 7.06. The Hall–Kier alpha value is -1.81. The average Bonchev–Trinajstić information content (AvgIpc) is 2.93. The number of hydrogen-bond acceptors (Lipinski definition) is 3. The lowest BCUT2D eigenvalue weighted by molar-refractivity contribution is 0.560.